The van der Waals surface area contributed by atoms with Crippen LogP contribution in [0.1, 0.15) is 23.3 Å². The molecule has 1 aromatic heterocycles. The number of hydrogen-bond donors (Lipinski definition) is 1. The maximum absolute atomic E-state index is 12.2. The number of likely N-dealkylation sites (tertiary alicyclic amines) is 1. The molecule has 0 aliphatic carbocycles. The number of phenolic OH excluding ortho intramolecular Hbond substituents is 1. The highest BCUT2D eigenvalue weighted by Crippen LogP contribution is 2.24. The molecular formula is C15H18N4O2. The Bertz CT molecular complexity index is 674. The number of amides is 1. The van der Waals surface area contributed by atoms with Gasteiger partial charge < -0.3 is 10.0 Å². The second-order valence-corrected chi connectivity index (χ2v) is 5.41. The lowest BCUT2D eigenvalue weighted by Crippen LogP contribution is -2.51. The lowest BCUT2D eigenvalue weighted by atomic mass is 10.1. The zero-order valence-corrected chi connectivity index (χ0v) is 12.2. The predicted octanol–water partition coefficient (Wildman–Crippen LogP) is 1.23. The highest BCUT2D eigenvalue weighted by atomic mass is 16.3. The van der Waals surface area contributed by atoms with Crippen molar-refractivity contribution in [1.82, 2.24) is 19.7 Å². The van der Waals surface area contributed by atoms with E-state index in [9.17, 15) is 9.90 Å². The first kappa shape index (κ1) is 13.6. The number of rotatable bonds is 3. The van der Waals surface area contributed by atoms with Gasteiger partial charge in [0.05, 0.1) is 12.5 Å². The van der Waals surface area contributed by atoms with E-state index in [1.165, 1.54) is 0 Å². The molecule has 3 rings (SSSR count). The van der Waals surface area contributed by atoms with E-state index in [-0.39, 0.29) is 24.1 Å². The van der Waals surface area contributed by atoms with Crippen LogP contribution in [0.25, 0.3) is 0 Å². The molecule has 1 saturated heterocycles. The largest absolute Gasteiger partial charge is 0.508 e. The first-order valence-corrected chi connectivity index (χ1v) is 6.99. The summed E-state index contributed by atoms with van der Waals surface area (Å²) in [6.07, 6.45) is 0.231. The van der Waals surface area contributed by atoms with Gasteiger partial charge in [-0.3, -0.25) is 4.79 Å². The zero-order chi connectivity index (χ0) is 15.0. The number of phenols is 1. The molecule has 6 heteroatoms. The second-order valence-electron chi connectivity index (χ2n) is 5.41. The third-order valence-corrected chi connectivity index (χ3v) is 3.80. The molecule has 1 fully saturated rings. The maximum atomic E-state index is 12.2. The summed E-state index contributed by atoms with van der Waals surface area (Å²) in [7, 11) is 0. The predicted molar refractivity (Wildman–Crippen MR) is 76.9 cm³/mol. The van der Waals surface area contributed by atoms with Gasteiger partial charge in [-0.15, -0.1) is 0 Å². The standard InChI is InChI=1S/C15H18N4O2/c1-10-16-11(2)19(17-10)13-8-18(9-13)15(21)7-12-5-3-4-6-14(12)20/h3-6,13,20H,7-9H2,1-2H3. The van der Waals surface area contributed by atoms with Crippen molar-refractivity contribution in [2.75, 3.05) is 13.1 Å². The van der Waals surface area contributed by atoms with Gasteiger partial charge in [0.15, 0.2) is 0 Å². The number of aryl methyl sites for hydroxylation is 2. The highest BCUT2D eigenvalue weighted by molar-refractivity contribution is 5.80. The van der Waals surface area contributed by atoms with Crippen LogP contribution in [0.2, 0.25) is 0 Å². The van der Waals surface area contributed by atoms with Crippen LogP contribution in [0.5, 0.6) is 5.75 Å². The molecule has 0 unspecified atom stereocenters. The van der Waals surface area contributed by atoms with Crippen LogP contribution in [-0.2, 0) is 11.2 Å². The van der Waals surface area contributed by atoms with Gasteiger partial charge >= 0.3 is 0 Å². The Morgan fingerprint density at radius 2 is 2.05 bits per heavy atom. The molecular weight excluding hydrogens is 268 g/mol. The van der Waals surface area contributed by atoms with Crippen LogP contribution in [0.15, 0.2) is 24.3 Å². The fraction of sp³-hybridized carbons (Fsp3) is 0.400. The Balaban J connectivity index is 1.60. The number of para-hydroxylation sites is 1. The fourth-order valence-electron chi connectivity index (χ4n) is 2.63. The van der Waals surface area contributed by atoms with Crippen LogP contribution in [-0.4, -0.2) is 43.8 Å². The van der Waals surface area contributed by atoms with E-state index in [0.29, 0.717) is 18.7 Å². The van der Waals surface area contributed by atoms with Gasteiger partial charge in [0.1, 0.15) is 17.4 Å². The summed E-state index contributed by atoms with van der Waals surface area (Å²) in [6.45, 7) is 5.09. The van der Waals surface area contributed by atoms with Crippen molar-refractivity contribution in [3.05, 3.63) is 41.5 Å². The summed E-state index contributed by atoms with van der Waals surface area (Å²) in [6, 6.07) is 7.15. The van der Waals surface area contributed by atoms with Crippen LogP contribution in [0.4, 0.5) is 0 Å². The zero-order valence-electron chi connectivity index (χ0n) is 12.2. The van der Waals surface area contributed by atoms with Gasteiger partial charge in [-0.25, -0.2) is 9.67 Å². The van der Waals surface area contributed by atoms with Crippen LogP contribution < -0.4 is 0 Å². The Hall–Kier alpha value is -2.37. The number of nitrogens with zero attached hydrogens (tertiary/aromatic N) is 4. The molecule has 6 nitrogen and oxygen atoms in total. The topological polar surface area (TPSA) is 71.2 Å². The van der Waals surface area contributed by atoms with Crippen LogP contribution in [0.3, 0.4) is 0 Å². The average molecular weight is 286 g/mol. The number of carbonyl (C=O) groups excluding carboxylic acids is 1. The Morgan fingerprint density at radius 3 is 2.67 bits per heavy atom. The molecule has 0 radical (unpaired) electrons. The first-order chi connectivity index (χ1) is 10.0. The molecule has 0 saturated carbocycles. The van der Waals surface area contributed by atoms with Crippen molar-refractivity contribution in [2.45, 2.75) is 26.3 Å². The molecule has 1 N–H and O–H groups in total. The molecule has 1 aromatic carbocycles. The number of benzene rings is 1. The van der Waals surface area contributed by atoms with E-state index in [1.807, 2.05) is 24.6 Å². The molecule has 0 spiro atoms. The van der Waals surface area contributed by atoms with Crippen molar-refractivity contribution in [1.29, 1.82) is 0 Å². The van der Waals surface area contributed by atoms with Crippen molar-refractivity contribution >= 4 is 5.91 Å². The van der Waals surface area contributed by atoms with Gasteiger partial charge in [0.25, 0.3) is 0 Å². The quantitative estimate of drug-likeness (QED) is 0.921. The third-order valence-electron chi connectivity index (χ3n) is 3.80. The number of aromatic nitrogens is 3. The Kier molecular flexibility index (Phi) is 3.37. The minimum atomic E-state index is 0.0299. The van der Waals surface area contributed by atoms with E-state index in [2.05, 4.69) is 10.1 Å². The molecule has 0 atom stereocenters. The minimum Gasteiger partial charge on any atom is -0.508 e. The lowest BCUT2D eigenvalue weighted by molar-refractivity contribution is -0.136. The summed E-state index contributed by atoms with van der Waals surface area (Å²) >= 11 is 0. The smallest absolute Gasteiger partial charge is 0.227 e. The van der Waals surface area contributed by atoms with Crippen molar-refractivity contribution in [3.8, 4) is 5.75 Å². The molecule has 1 aliphatic rings. The maximum Gasteiger partial charge on any atom is 0.227 e. The lowest BCUT2D eigenvalue weighted by Gasteiger charge is -2.39. The van der Waals surface area contributed by atoms with E-state index in [4.69, 9.17) is 0 Å². The second kappa shape index (κ2) is 5.20. The monoisotopic (exact) mass is 286 g/mol. The highest BCUT2D eigenvalue weighted by Gasteiger charge is 2.33. The van der Waals surface area contributed by atoms with E-state index in [1.54, 1.807) is 23.1 Å². The minimum absolute atomic E-state index is 0.0299. The van der Waals surface area contributed by atoms with Gasteiger partial charge in [0, 0.05) is 18.7 Å². The number of carbonyl (C=O) groups is 1. The van der Waals surface area contributed by atoms with Crippen LogP contribution >= 0.6 is 0 Å². The summed E-state index contributed by atoms with van der Waals surface area (Å²) in [5.41, 5.74) is 0.665. The molecule has 110 valence electrons. The van der Waals surface area contributed by atoms with Gasteiger partial charge in [-0.2, -0.15) is 5.10 Å². The summed E-state index contributed by atoms with van der Waals surface area (Å²) in [5, 5.41) is 14.1. The average Bonchev–Trinajstić information content (AvgIpc) is 2.70. The fourth-order valence-corrected chi connectivity index (χ4v) is 2.63. The van der Waals surface area contributed by atoms with E-state index >= 15 is 0 Å². The van der Waals surface area contributed by atoms with Gasteiger partial charge in [-0.05, 0) is 19.9 Å². The number of hydrogen-bond acceptors (Lipinski definition) is 4. The van der Waals surface area contributed by atoms with E-state index < -0.39 is 0 Å². The van der Waals surface area contributed by atoms with Crippen LogP contribution in [0, 0.1) is 13.8 Å². The molecule has 21 heavy (non-hydrogen) atoms. The van der Waals surface area contributed by atoms with E-state index in [0.717, 1.165) is 11.6 Å². The summed E-state index contributed by atoms with van der Waals surface area (Å²) in [5.74, 6) is 1.84. The SMILES string of the molecule is Cc1nc(C)n(C2CN(C(=O)Cc3ccccc3O)C2)n1. The Morgan fingerprint density at radius 1 is 1.33 bits per heavy atom. The van der Waals surface area contributed by atoms with Crippen molar-refractivity contribution in [3.63, 3.8) is 0 Å². The Labute approximate surface area is 123 Å². The molecule has 2 aromatic rings. The number of aromatic hydroxyl groups is 1. The van der Waals surface area contributed by atoms with Crippen molar-refractivity contribution in [2.24, 2.45) is 0 Å². The molecule has 2 heterocycles. The first-order valence-electron chi connectivity index (χ1n) is 6.99. The summed E-state index contributed by atoms with van der Waals surface area (Å²) < 4.78 is 1.89. The summed E-state index contributed by atoms with van der Waals surface area (Å²) in [4.78, 5) is 18.2. The van der Waals surface area contributed by atoms with Gasteiger partial charge in [-0.1, -0.05) is 18.2 Å². The molecule has 1 amide bonds. The normalized spacial score (nSPS) is 15.0. The molecule has 1 aliphatic heterocycles. The third kappa shape index (κ3) is 2.61. The molecule has 0 bridgehead atoms. The van der Waals surface area contributed by atoms with Crippen molar-refractivity contribution < 1.29 is 9.90 Å². The van der Waals surface area contributed by atoms with Gasteiger partial charge in [0.2, 0.25) is 5.91 Å².